The number of aliphatic imine (C=N–C) groups is 1. The summed E-state index contributed by atoms with van der Waals surface area (Å²) in [7, 11) is 0. The maximum absolute atomic E-state index is 12.9. The van der Waals surface area contributed by atoms with Crippen molar-refractivity contribution in [1.82, 2.24) is 24.7 Å². The van der Waals surface area contributed by atoms with Crippen LogP contribution >= 0.6 is 0 Å². The molecule has 0 fully saturated rings. The van der Waals surface area contributed by atoms with E-state index in [0.29, 0.717) is 17.7 Å². The normalized spacial score (nSPS) is 15.4. The predicted molar refractivity (Wildman–Crippen MR) is 187 cm³/mol. The third-order valence-corrected chi connectivity index (χ3v) is 8.68. The molecule has 2 aromatic carbocycles. The van der Waals surface area contributed by atoms with Crippen molar-refractivity contribution in [2.24, 2.45) is 4.99 Å². The van der Waals surface area contributed by atoms with Crippen LogP contribution in [0, 0.1) is 0 Å². The highest BCUT2D eigenvalue weighted by atomic mass is 16.7. The van der Waals surface area contributed by atoms with Gasteiger partial charge in [0.2, 0.25) is 0 Å². The number of unbranched alkanes of at least 4 members (excludes halogenated alkanes) is 1. The zero-order chi connectivity index (χ0) is 33.6. The van der Waals surface area contributed by atoms with Crippen LogP contribution in [0.15, 0.2) is 78.2 Å². The number of imidazole rings is 1. The third-order valence-electron chi connectivity index (χ3n) is 8.68. The molecule has 3 aromatic rings. The largest absolute Gasteiger partial charge is 0.420 e. The molecule has 0 bridgehead atoms. The number of esters is 2. The number of nitrogens with zero attached hydrogens (tertiary/aromatic N) is 5. The first-order chi connectivity index (χ1) is 23.5. The van der Waals surface area contributed by atoms with Gasteiger partial charge in [-0.25, -0.2) is 9.78 Å². The summed E-state index contributed by atoms with van der Waals surface area (Å²) >= 11 is 0. The van der Waals surface area contributed by atoms with Crippen molar-refractivity contribution < 1.29 is 19.1 Å². The van der Waals surface area contributed by atoms with E-state index in [1.54, 1.807) is 24.4 Å². The number of carbonyl (C=O) groups excluding carboxylic acids is 2. The SMILES string of the molecule is CCCN(CCC)CCCCN(CCC(=O)OC1OC(=O)c2ccccc21)Cc1ccc(CN(CC2=NC=CC2)Cc2ncc[nH]2)cc1. The van der Waals surface area contributed by atoms with Crippen molar-refractivity contribution in [3.63, 3.8) is 0 Å². The Labute approximate surface area is 284 Å². The summed E-state index contributed by atoms with van der Waals surface area (Å²) in [5.74, 6) is 0.109. The molecule has 0 saturated heterocycles. The molecule has 1 atom stereocenters. The van der Waals surface area contributed by atoms with E-state index in [1.165, 1.54) is 11.1 Å². The number of fused-ring (bicyclic) bond motifs is 1. The summed E-state index contributed by atoms with van der Waals surface area (Å²) in [5.41, 5.74) is 4.65. The Hall–Kier alpha value is -4.12. The lowest BCUT2D eigenvalue weighted by atomic mass is 10.1. The van der Waals surface area contributed by atoms with Crippen molar-refractivity contribution >= 4 is 17.7 Å². The lowest BCUT2D eigenvalue weighted by Gasteiger charge is -2.25. The quantitative estimate of drug-likeness (QED) is 0.106. The van der Waals surface area contributed by atoms with Gasteiger partial charge in [-0.05, 0) is 69.1 Å². The van der Waals surface area contributed by atoms with E-state index in [1.807, 2.05) is 18.5 Å². The van der Waals surface area contributed by atoms with Crippen LogP contribution in [0.25, 0.3) is 0 Å². The van der Waals surface area contributed by atoms with Crippen molar-refractivity contribution in [2.75, 3.05) is 39.3 Å². The molecule has 10 nitrogen and oxygen atoms in total. The maximum atomic E-state index is 12.9. The highest BCUT2D eigenvalue weighted by Gasteiger charge is 2.33. The van der Waals surface area contributed by atoms with Crippen LogP contribution in [0.5, 0.6) is 0 Å². The highest BCUT2D eigenvalue weighted by Crippen LogP contribution is 2.31. The number of rotatable bonds is 21. The van der Waals surface area contributed by atoms with E-state index in [9.17, 15) is 9.59 Å². The Morgan fingerprint density at radius 2 is 1.58 bits per heavy atom. The Bertz CT molecular complexity index is 1500. The minimum atomic E-state index is -0.977. The van der Waals surface area contributed by atoms with Gasteiger partial charge >= 0.3 is 11.9 Å². The van der Waals surface area contributed by atoms with E-state index in [4.69, 9.17) is 9.47 Å². The number of H-pyrrole nitrogens is 1. The Morgan fingerprint density at radius 1 is 0.875 bits per heavy atom. The molecule has 1 unspecified atom stereocenters. The fraction of sp³-hybridized carbons (Fsp3) is 0.474. The van der Waals surface area contributed by atoms with E-state index in [0.717, 1.165) is 96.0 Å². The maximum Gasteiger partial charge on any atom is 0.342 e. The average Bonchev–Trinajstić information content (AvgIpc) is 3.86. The third kappa shape index (κ3) is 10.7. The van der Waals surface area contributed by atoms with Crippen molar-refractivity contribution in [3.05, 3.63) is 101 Å². The summed E-state index contributed by atoms with van der Waals surface area (Å²) in [6, 6.07) is 15.8. The number of nitrogens with one attached hydrogen (secondary N) is 1. The molecule has 0 saturated carbocycles. The van der Waals surface area contributed by atoms with Gasteiger partial charge in [-0.1, -0.05) is 62.4 Å². The Kier molecular flexibility index (Phi) is 13.5. The summed E-state index contributed by atoms with van der Waals surface area (Å²) in [5, 5.41) is 0. The average molecular weight is 655 g/mol. The van der Waals surface area contributed by atoms with Crippen LogP contribution in [-0.4, -0.2) is 81.6 Å². The minimum absolute atomic E-state index is 0.215. The molecule has 0 spiro atoms. The number of cyclic esters (lactones) is 1. The summed E-state index contributed by atoms with van der Waals surface area (Å²) in [6.07, 6.45) is 12.2. The Balaban J connectivity index is 1.17. The minimum Gasteiger partial charge on any atom is -0.420 e. The number of aromatic nitrogens is 2. The van der Waals surface area contributed by atoms with Gasteiger partial charge in [0.15, 0.2) is 0 Å². The fourth-order valence-electron chi connectivity index (χ4n) is 6.33. The van der Waals surface area contributed by atoms with Crippen LogP contribution in [-0.2, 0) is 33.9 Å². The monoisotopic (exact) mass is 654 g/mol. The van der Waals surface area contributed by atoms with Gasteiger partial charge in [0.25, 0.3) is 6.29 Å². The predicted octanol–water partition coefficient (Wildman–Crippen LogP) is 6.28. The number of hydrogen-bond donors (Lipinski definition) is 1. The van der Waals surface area contributed by atoms with E-state index in [-0.39, 0.29) is 12.4 Å². The molecule has 0 aliphatic carbocycles. The van der Waals surface area contributed by atoms with Crippen molar-refractivity contribution in [3.8, 4) is 0 Å². The van der Waals surface area contributed by atoms with Gasteiger partial charge in [-0.2, -0.15) is 0 Å². The van der Waals surface area contributed by atoms with Gasteiger partial charge < -0.3 is 19.4 Å². The molecule has 48 heavy (non-hydrogen) atoms. The molecule has 0 amide bonds. The summed E-state index contributed by atoms with van der Waals surface area (Å²) < 4.78 is 11.0. The Morgan fingerprint density at radius 3 is 2.25 bits per heavy atom. The number of aromatic amines is 1. The molecule has 0 radical (unpaired) electrons. The molecule has 2 aliphatic rings. The molecular weight excluding hydrogens is 604 g/mol. The van der Waals surface area contributed by atoms with Crippen LogP contribution in [0.3, 0.4) is 0 Å². The van der Waals surface area contributed by atoms with Crippen LogP contribution in [0.1, 0.15) is 91.5 Å². The second kappa shape index (κ2) is 18.4. The van der Waals surface area contributed by atoms with Crippen molar-refractivity contribution in [1.29, 1.82) is 0 Å². The van der Waals surface area contributed by atoms with Crippen LogP contribution in [0.2, 0.25) is 0 Å². The highest BCUT2D eigenvalue weighted by molar-refractivity contribution is 5.94. The molecule has 1 aromatic heterocycles. The zero-order valence-corrected chi connectivity index (χ0v) is 28.5. The molecule has 5 rings (SSSR count). The summed E-state index contributed by atoms with van der Waals surface area (Å²) in [4.78, 5) is 44.6. The molecular formula is C38H50N6O4. The molecule has 3 heterocycles. The first kappa shape index (κ1) is 35.2. The zero-order valence-electron chi connectivity index (χ0n) is 28.5. The fourth-order valence-corrected chi connectivity index (χ4v) is 6.33. The van der Waals surface area contributed by atoms with Gasteiger partial charge in [0.1, 0.15) is 5.82 Å². The van der Waals surface area contributed by atoms with Gasteiger partial charge in [-0.3, -0.25) is 19.6 Å². The first-order valence-corrected chi connectivity index (χ1v) is 17.4. The number of hydrogen-bond acceptors (Lipinski definition) is 9. The smallest absolute Gasteiger partial charge is 0.342 e. The van der Waals surface area contributed by atoms with Gasteiger partial charge in [0.05, 0.1) is 18.5 Å². The second-order valence-electron chi connectivity index (χ2n) is 12.7. The molecule has 2 aliphatic heterocycles. The molecule has 10 heteroatoms. The topological polar surface area (TPSA) is 103 Å². The van der Waals surface area contributed by atoms with E-state index >= 15 is 0 Å². The second-order valence-corrected chi connectivity index (χ2v) is 12.7. The first-order valence-electron chi connectivity index (χ1n) is 17.4. The lowest BCUT2D eigenvalue weighted by Crippen LogP contribution is -2.30. The van der Waals surface area contributed by atoms with Crippen LogP contribution in [0.4, 0.5) is 0 Å². The van der Waals surface area contributed by atoms with Gasteiger partial charge in [0, 0.05) is 62.5 Å². The number of allylic oxidation sites excluding steroid dienone is 1. The summed E-state index contributed by atoms with van der Waals surface area (Å²) in [6.45, 7) is 12.3. The number of carbonyl (C=O) groups is 2. The van der Waals surface area contributed by atoms with E-state index in [2.05, 4.69) is 73.8 Å². The number of benzene rings is 2. The van der Waals surface area contributed by atoms with Crippen molar-refractivity contribution in [2.45, 2.75) is 78.3 Å². The van der Waals surface area contributed by atoms with Gasteiger partial charge in [-0.15, -0.1) is 0 Å². The standard InChI is InChI=1S/C38H50N6O4/c1-3-21-42(22-4-2)23-7-8-24-43(25-17-36(45)47-38-34-12-6-5-11-33(34)37(46)48-38)26-30-13-15-31(16-14-30)27-44(28-32-10-9-18-39-32)29-35-40-19-20-41-35/h5-6,9,11-16,18-20,38H,3-4,7-8,10,17,21-29H2,1-2H3,(H,40,41). The van der Waals surface area contributed by atoms with E-state index < -0.39 is 12.3 Å². The molecule has 256 valence electrons. The lowest BCUT2D eigenvalue weighted by molar-refractivity contribution is -0.168. The van der Waals surface area contributed by atoms with Crippen LogP contribution < -0.4 is 0 Å². The molecule has 1 N–H and O–H groups in total. The number of ether oxygens (including phenoxy) is 2.